The van der Waals surface area contributed by atoms with Crippen molar-refractivity contribution in [2.24, 2.45) is 5.41 Å². The first-order valence-corrected chi connectivity index (χ1v) is 11.8. The predicted molar refractivity (Wildman–Crippen MR) is 116 cm³/mol. The number of alkyl halides is 6. The van der Waals surface area contributed by atoms with E-state index in [1.54, 1.807) is 0 Å². The Morgan fingerprint density at radius 2 is 1.67 bits per heavy atom. The summed E-state index contributed by atoms with van der Waals surface area (Å²) in [4.78, 5) is 24.5. The number of hydrogen-bond donors (Lipinski definition) is 2. The van der Waals surface area contributed by atoms with Crippen LogP contribution in [0.2, 0.25) is 0 Å². The summed E-state index contributed by atoms with van der Waals surface area (Å²) in [6.07, 6.45) is -7.71. The molecule has 1 aromatic heterocycles. The average molecular weight is 551 g/mol. The smallest absolute Gasteiger partial charge is 0.475 e. The van der Waals surface area contributed by atoms with Gasteiger partial charge in [0, 0.05) is 49.1 Å². The number of likely N-dealkylation sites (tertiary alicyclic amines) is 1. The molecule has 8 nitrogen and oxygen atoms in total. The van der Waals surface area contributed by atoms with Crippen molar-refractivity contribution < 1.29 is 55.6 Å². The molecule has 2 unspecified atom stereocenters. The van der Waals surface area contributed by atoms with E-state index in [4.69, 9.17) is 29.3 Å². The van der Waals surface area contributed by atoms with Crippen molar-refractivity contribution in [2.45, 2.75) is 37.8 Å². The zero-order chi connectivity index (χ0) is 27.0. The van der Waals surface area contributed by atoms with Crippen LogP contribution in [-0.4, -0.2) is 103 Å². The molecule has 0 aromatic carbocycles. The molecule has 0 aliphatic carbocycles. The number of thiophene rings is 1. The molecular weight excluding hydrogens is 522 g/mol. The number of rotatable bonds is 3. The number of carbonyl (C=O) groups is 2. The zero-order valence-electron chi connectivity index (χ0n) is 19.2. The summed E-state index contributed by atoms with van der Waals surface area (Å²) in [5.41, 5.74) is 0.330. The molecular formula is C21H28F6N2O6S. The van der Waals surface area contributed by atoms with E-state index in [0.717, 1.165) is 39.5 Å². The van der Waals surface area contributed by atoms with E-state index in [9.17, 15) is 26.3 Å². The Labute approximate surface area is 207 Å². The monoisotopic (exact) mass is 550 g/mol. The number of aliphatic carboxylic acids is 2. The molecule has 0 saturated carbocycles. The lowest BCUT2D eigenvalue weighted by atomic mass is 9.87. The molecule has 0 amide bonds. The fourth-order valence-electron chi connectivity index (χ4n) is 4.18. The average Bonchev–Trinajstić information content (AvgIpc) is 3.51. The van der Waals surface area contributed by atoms with Crippen molar-refractivity contribution >= 4 is 23.3 Å². The molecule has 36 heavy (non-hydrogen) atoms. The van der Waals surface area contributed by atoms with Crippen LogP contribution in [0, 0.1) is 5.41 Å². The highest BCUT2D eigenvalue weighted by atomic mass is 32.1. The molecule has 4 rings (SSSR count). The first-order valence-electron chi connectivity index (χ1n) is 11.0. The van der Waals surface area contributed by atoms with Gasteiger partial charge in [-0.15, -0.1) is 11.3 Å². The first-order chi connectivity index (χ1) is 16.7. The van der Waals surface area contributed by atoms with Gasteiger partial charge in [0.25, 0.3) is 0 Å². The number of halogens is 6. The highest BCUT2D eigenvalue weighted by Crippen LogP contribution is 2.35. The predicted octanol–water partition coefficient (Wildman–Crippen LogP) is 3.33. The van der Waals surface area contributed by atoms with Gasteiger partial charge in [-0.2, -0.15) is 26.3 Å². The normalized spacial score (nSPS) is 25.4. The number of ether oxygens (including phenoxy) is 2. The Morgan fingerprint density at radius 3 is 2.17 bits per heavy atom. The summed E-state index contributed by atoms with van der Waals surface area (Å²) in [5, 5.41) is 16.4. The molecule has 1 aromatic rings. The maximum atomic E-state index is 10.6. The highest BCUT2D eigenvalue weighted by Gasteiger charge is 2.43. The second-order valence-corrected chi connectivity index (χ2v) is 9.72. The van der Waals surface area contributed by atoms with Crippen LogP contribution in [0.25, 0.3) is 0 Å². The molecule has 2 atom stereocenters. The van der Waals surface area contributed by atoms with Gasteiger partial charge in [-0.05, 0) is 30.8 Å². The Balaban J connectivity index is 0.000000271. The van der Waals surface area contributed by atoms with Crippen molar-refractivity contribution in [3.05, 3.63) is 22.4 Å². The van der Waals surface area contributed by atoms with Crippen LogP contribution < -0.4 is 0 Å². The third kappa shape index (κ3) is 9.84. The lowest BCUT2D eigenvalue weighted by Gasteiger charge is -2.34. The van der Waals surface area contributed by atoms with Crippen molar-refractivity contribution in [3.63, 3.8) is 0 Å². The van der Waals surface area contributed by atoms with Crippen molar-refractivity contribution in [3.8, 4) is 0 Å². The summed E-state index contributed by atoms with van der Waals surface area (Å²) in [6, 6.07) is 5.02. The summed E-state index contributed by atoms with van der Waals surface area (Å²) >= 11 is 1.87. The standard InChI is InChI=1S/C17H26N2O2S.2C2HF3O2/c1-2-16(22-9-1)10-18-5-4-17(12-18)13-19(6-8-21-14-17)15-3-7-20-11-15;2*3-2(4,5)1(6)7/h1-2,9,15H,3-8,10-14H2;2*(H,6,7). The van der Waals surface area contributed by atoms with E-state index in [2.05, 4.69) is 27.3 Å². The van der Waals surface area contributed by atoms with Crippen LogP contribution >= 0.6 is 11.3 Å². The van der Waals surface area contributed by atoms with E-state index in [1.807, 2.05) is 11.3 Å². The van der Waals surface area contributed by atoms with Crippen LogP contribution in [0.15, 0.2) is 17.5 Å². The fraction of sp³-hybridized carbons (Fsp3) is 0.714. The Morgan fingerprint density at radius 1 is 1.03 bits per heavy atom. The Kier molecular flexibility index (Phi) is 11.0. The second-order valence-electron chi connectivity index (χ2n) is 8.69. The van der Waals surface area contributed by atoms with Crippen LogP contribution in [0.3, 0.4) is 0 Å². The third-order valence-corrected chi connectivity index (χ3v) is 6.71. The van der Waals surface area contributed by atoms with Gasteiger partial charge in [-0.25, -0.2) is 9.59 Å². The Bertz CT molecular complexity index is 808. The maximum Gasteiger partial charge on any atom is 0.490 e. The molecule has 15 heteroatoms. The van der Waals surface area contributed by atoms with Crippen LogP contribution in [-0.2, 0) is 25.6 Å². The topological polar surface area (TPSA) is 99.5 Å². The molecule has 0 bridgehead atoms. The summed E-state index contributed by atoms with van der Waals surface area (Å²) in [6.45, 7) is 9.38. The van der Waals surface area contributed by atoms with E-state index in [0.29, 0.717) is 11.5 Å². The number of nitrogens with zero attached hydrogens (tertiary/aromatic N) is 2. The van der Waals surface area contributed by atoms with Gasteiger partial charge in [0.2, 0.25) is 0 Å². The molecule has 3 fully saturated rings. The van der Waals surface area contributed by atoms with Gasteiger partial charge >= 0.3 is 24.3 Å². The molecule has 0 radical (unpaired) electrons. The van der Waals surface area contributed by atoms with Gasteiger partial charge < -0.3 is 19.7 Å². The molecule has 3 saturated heterocycles. The Hall–Kier alpha value is -1.94. The molecule has 4 heterocycles. The van der Waals surface area contributed by atoms with Crippen LogP contribution in [0.4, 0.5) is 26.3 Å². The van der Waals surface area contributed by atoms with Gasteiger partial charge in [0.1, 0.15) is 0 Å². The minimum absolute atomic E-state index is 0.330. The van der Waals surface area contributed by atoms with Gasteiger partial charge in [-0.1, -0.05) is 6.07 Å². The molecule has 1 spiro atoms. The summed E-state index contributed by atoms with van der Waals surface area (Å²) in [7, 11) is 0. The van der Waals surface area contributed by atoms with E-state index >= 15 is 0 Å². The minimum atomic E-state index is -5.08. The molecule has 3 aliphatic heterocycles. The van der Waals surface area contributed by atoms with Crippen molar-refractivity contribution in [2.75, 3.05) is 52.6 Å². The number of hydrogen-bond acceptors (Lipinski definition) is 7. The second kappa shape index (κ2) is 13.0. The minimum Gasteiger partial charge on any atom is -0.475 e. The van der Waals surface area contributed by atoms with Gasteiger partial charge in [-0.3, -0.25) is 9.80 Å². The van der Waals surface area contributed by atoms with Crippen LogP contribution in [0.5, 0.6) is 0 Å². The number of carboxylic acids is 2. The van der Waals surface area contributed by atoms with E-state index < -0.39 is 24.3 Å². The largest absolute Gasteiger partial charge is 0.490 e. The maximum absolute atomic E-state index is 10.6. The third-order valence-electron chi connectivity index (χ3n) is 5.85. The number of carboxylic acid groups (broad SMARTS) is 2. The van der Waals surface area contributed by atoms with Crippen molar-refractivity contribution in [1.29, 1.82) is 0 Å². The van der Waals surface area contributed by atoms with Gasteiger partial charge in [0.15, 0.2) is 0 Å². The lowest BCUT2D eigenvalue weighted by Crippen LogP contribution is -2.45. The van der Waals surface area contributed by atoms with Crippen molar-refractivity contribution in [1.82, 2.24) is 9.80 Å². The molecule has 2 N–H and O–H groups in total. The molecule has 3 aliphatic rings. The van der Waals surface area contributed by atoms with E-state index in [-0.39, 0.29) is 0 Å². The summed E-state index contributed by atoms with van der Waals surface area (Å²) in [5.74, 6) is -5.51. The lowest BCUT2D eigenvalue weighted by molar-refractivity contribution is -0.193. The van der Waals surface area contributed by atoms with Crippen LogP contribution in [0.1, 0.15) is 17.7 Å². The summed E-state index contributed by atoms with van der Waals surface area (Å²) < 4.78 is 75.1. The quantitative estimate of drug-likeness (QED) is 0.554. The first kappa shape index (κ1) is 30.3. The molecule has 206 valence electrons. The van der Waals surface area contributed by atoms with Gasteiger partial charge in [0.05, 0.1) is 19.8 Å². The van der Waals surface area contributed by atoms with E-state index in [1.165, 1.54) is 37.4 Å². The SMILES string of the molecule is O=C(O)C(F)(F)F.O=C(O)C(F)(F)F.c1csc(CN2CCC3(COCCN(C4CCOC4)C3)C2)c1. The fourth-order valence-corrected chi connectivity index (χ4v) is 4.93. The zero-order valence-corrected chi connectivity index (χ0v) is 20.0. The highest BCUT2D eigenvalue weighted by molar-refractivity contribution is 7.09.